The van der Waals surface area contributed by atoms with Gasteiger partial charge in [-0.25, -0.2) is 9.97 Å². The van der Waals surface area contributed by atoms with E-state index in [1.165, 1.54) is 6.42 Å². The Morgan fingerprint density at radius 1 is 1.57 bits per heavy atom. The first-order valence-electron chi connectivity index (χ1n) is 4.74. The molecule has 14 heavy (non-hydrogen) atoms. The van der Waals surface area contributed by atoms with E-state index < -0.39 is 6.23 Å². The average molecular weight is 194 g/mol. The highest BCUT2D eigenvalue weighted by Gasteiger charge is 2.18. The number of aliphatic hydroxyl groups is 1. The van der Waals surface area contributed by atoms with E-state index in [9.17, 15) is 5.11 Å². The van der Waals surface area contributed by atoms with Gasteiger partial charge < -0.3 is 10.0 Å². The maximum absolute atomic E-state index is 9.51. The van der Waals surface area contributed by atoms with E-state index in [0.717, 1.165) is 13.1 Å². The van der Waals surface area contributed by atoms with Crippen molar-refractivity contribution >= 4 is 5.95 Å². The van der Waals surface area contributed by atoms with Crippen molar-refractivity contribution in [2.45, 2.75) is 12.6 Å². The van der Waals surface area contributed by atoms with Crippen molar-refractivity contribution < 1.29 is 5.11 Å². The van der Waals surface area contributed by atoms with E-state index in [1.807, 2.05) is 0 Å². The quantitative estimate of drug-likeness (QED) is 0.658. The molecule has 0 saturated carbocycles. The van der Waals surface area contributed by atoms with Crippen LogP contribution in [0, 0.1) is 0 Å². The fourth-order valence-corrected chi connectivity index (χ4v) is 1.33. The lowest BCUT2D eigenvalue weighted by atomic mass is 10.2. The monoisotopic (exact) mass is 194 g/mol. The van der Waals surface area contributed by atoms with Gasteiger partial charge in [0.25, 0.3) is 0 Å². The van der Waals surface area contributed by atoms with Crippen molar-refractivity contribution in [1.29, 1.82) is 0 Å². The van der Waals surface area contributed by atoms with E-state index in [-0.39, 0.29) is 0 Å². The molecule has 0 bridgehead atoms. The molecule has 0 aliphatic carbocycles. The largest absolute Gasteiger partial charge is 0.373 e. The molecule has 0 amide bonds. The zero-order valence-electron chi connectivity index (χ0n) is 8.14. The highest BCUT2D eigenvalue weighted by atomic mass is 16.3. The summed E-state index contributed by atoms with van der Waals surface area (Å²) >= 11 is 0. The van der Waals surface area contributed by atoms with Crippen LogP contribution >= 0.6 is 0 Å². The Balaban J connectivity index is 2.17. The van der Waals surface area contributed by atoms with Gasteiger partial charge in [-0.1, -0.05) is 0 Å². The summed E-state index contributed by atoms with van der Waals surface area (Å²) in [6.45, 7) is 2.03. The van der Waals surface area contributed by atoms with Crippen LogP contribution in [0.25, 0.3) is 0 Å². The van der Waals surface area contributed by atoms with E-state index in [1.54, 1.807) is 19.3 Å². The van der Waals surface area contributed by atoms with E-state index >= 15 is 0 Å². The summed E-state index contributed by atoms with van der Waals surface area (Å²) in [5, 5.41) is 12.2. The smallest absolute Gasteiger partial charge is 0.225 e. The Labute approximate surface area is 82.8 Å². The van der Waals surface area contributed by atoms with Crippen molar-refractivity contribution in [1.82, 2.24) is 15.3 Å². The van der Waals surface area contributed by atoms with Gasteiger partial charge in [0.15, 0.2) is 0 Å². The summed E-state index contributed by atoms with van der Waals surface area (Å²) < 4.78 is 0. The predicted molar refractivity (Wildman–Crippen MR) is 52.9 cm³/mol. The third kappa shape index (κ3) is 1.69. The molecule has 1 atom stereocenters. The van der Waals surface area contributed by atoms with Crippen LogP contribution in [0.3, 0.4) is 0 Å². The molecule has 2 heterocycles. The number of anilines is 1. The van der Waals surface area contributed by atoms with Crippen LogP contribution in [-0.2, 0) is 0 Å². The highest BCUT2D eigenvalue weighted by Crippen LogP contribution is 2.16. The maximum Gasteiger partial charge on any atom is 0.225 e. The second-order valence-electron chi connectivity index (χ2n) is 3.31. The molecule has 1 aliphatic heterocycles. The molecule has 5 heteroatoms. The minimum atomic E-state index is -0.710. The number of aliphatic hydroxyl groups excluding tert-OH is 1. The molecule has 2 N–H and O–H groups in total. The Kier molecular flexibility index (Phi) is 2.60. The molecule has 1 unspecified atom stereocenters. The lowest BCUT2D eigenvalue weighted by Crippen LogP contribution is -2.38. The summed E-state index contributed by atoms with van der Waals surface area (Å²) in [5.74, 6) is 0.711. The predicted octanol–water partition coefficient (Wildman–Crippen LogP) is -0.103. The molecule has 1 aromatic heterocycles. The van der Waals surface area contributed by atoms with Gasteiger partial charge in [0.2, 0.25) is 5.95 Å². The second-order valence-corrected chi connectivity index (χ2v) is 3.31. The van der Waals surface area contributed by atoms with Gasteiger partial charge in [0.05, 0.1) is 5.69 Å². The Morgan fingerprint density at radius 2 is 2.36 bits per heavy atom. The van der Waals surface area contributed by atoms with Crippen LogP contribution in [0.2, 0.25) is 0 Å². The molecule has 1 aromatic rings. The Morgan fingerprint density at radius 3 is 2.93 bits per heavy atom. The van der Waals surface area contributed by atoms with Crippen LogP contribution in [0.1, 0.15) is 18.3 Å². The normalized spacial score (nSPS) is 17.7. The molecular weight excluding hydrogens is 180 g/mol. The molecule has 0 aromatic carbocycles. The number of nitrogens with one attached hydrogen (secondary N) is 1. The number of rotatable bonds is 3. The molecule has 1 aliphatic rings. The first-order valence-corrected chi connectivity index (χ1v) is 4.74. The molecular formula is C9H14N4O. The van der Waals surface area contributed by atoms with Crippen LogP contribution in [-0.4, -0.2) is 35.2 Å². The third-order valence-electron chi connectivity index (χ3n) is 2.36. The van der Waals surface area contributed by atoms with Crippen LogP contribution < -0.4 is 10.2 Å². The summed E-state index contributed by atoms with van der Waals surface area (Å²) in [6, 6.07) is 1.71. The SMILES string of the molecule is CNC(O)c1ccnc(N2CCC2)n1. The lowest BCUT2D eigenvalue weighted by molar-refractivity contribution is 0.144. The standard InChI is InChI=1S/C9H14N4O/c1-10-8(14)7-3-4-11-9(12-7)13-5-2-6-13/h3-4,8,10,14H,2,5-6H2,1H3. The van der Waals surface area contributed by atoms with Crippen molar-refractivity contribution in [2.75, 3.05) is 25.0 Å². The zero-order valence-corrected chi connectivity index (χ0v) is 8.14. The van der Waals surface area contributed by atoms with E-state index in [0.29, 0.717) is 11.6 Å². The summed E-state index contributed by atoms with van der Waals surface area (Å²) in [5.41, 5.74) is 0.615. The minimum Gasteiger partial charge on any atom is -0.373 e. The molecule has 1 fully saturated rings. The average Bonchev–Trinajstić information content (AvgIpc) is 2.14. The first-order chi connectivity index (χ1) is 6.81. The molecule has 0 spiro atoms. The van der Waals surface area contributed by atoms with Gasteiger partial charge >= 0.3 is 0 Å². The molecule has 76 valence electrons. The van der Waals surface area contributed by atoms with Gasteiger partial charge in [-0.3, -0.25) is 5.32 Å². The van der Waals surface area contributed by atoms with Crippen LogP contribution in [0.15, 0.2) is 12.3 Å². The zero-order chi connectivity index (χ0) is 9.97. The molecule has 1 saturated heterocycles. The fourth-order valence-electron chi connectivity index (χ4n) is 1.33. The van der Waals surface area contributed by atoms with E-state index in [2.05, 4.69) is 20.2 Å². The molecule has 5 nitrogen and oxygen atoms in total. The van der Waals surface area contributed by atoms with Crippen LogP contribution in [0.4, 0.5) is 5.95 Å². The van der Waals surface area contributed by atoms with Crippen molar-refractivity contribution in [3.63, 3.8) is 0 Å². The van der Waals surface area contributed by atoms with Crippen molar-refractivity contribution in [3.8, 4) is 0 Å². The third-order valence-corrected chi connectivity index (χ3v) is 2.36. The topological polar surface area (TPSA) is 61.3 Å². The number of hydrogen-bond donors (Lipinski definition) is 2. The van der Waals surface area contributed by atoms with Gasteiger partial charge in [-0.05, 0) is 19.5 Å². The van der Waals surface area contributed by atoms with Crippen molar-refractivity contribution in [2.24, 2.45) is 0 Å². The summed E-state index contributed by atoms with van der Waals surface area (Å²) in [7, 11) is 1.69. The van der Waals surface area contributed by atoms with Crippen molar-refractivity contribution in [3.05, 3.63) is 18.0 Å². The number of nitrogens with zero attached hydrogens (tertiary/aromatic N) is 3. The molecule has 2 rings (SSSR count). The number of aromatic nitrogens is 2. The van der Waals surface area contributed by atoms with Gasteiger partial charge in [0.1, 0.15) is 6.23 Å². The Bertz CT molecular complexity index is 293. The summed E-state index contributed by atoms with van der Waals surface area (Å²) in [6.07, 6.45) is 2.16. The first kappa shape index (κ1) is 9.36. The van der Waals surface area contributed by atoms with E-state index in [4.69, 9.17) is 0 Å². The van der Waals surface area contributed by atoms with Gasteiger partial charge in [-0.2, -0.15) is 0 Å². The Hall–Kier alpha value is -1.20. The van der Waals surface area contributed by atoms with Gasteiger partial charge in [-0.15, -0.1) is 0 Å². The summed E-state index contributed by atoms with van der Waals surface area (Å²) in [4.78, 5) is 10.5. The number of hydrogen-bond acceptors (Lipinski definition) is 5. The minimum absolute atomic E-state index is 0.615. The second kappa shape index (κ2) is 3.89. The maximum atomic E-state index is 9.51. The highest BCUT2D eigenvalue weighted by molar-refractivity contribution is 5.33. The molecule has 0 radical (unpaired) electrons. The van der Waals surface area contributed by atoms with Crippen LogP contribution in [0.5, 0.6) is 0 Å². The fraction of sp³-hybridized carbons (Fsp3) is 0.556. The van der Waals surface area contributed by atoms with Gasteiger partial charge in [0, 0.05) is 19.3 Å². The lowest BCUT2D eigenvalue weighted by Gasteiger charge is -2.31.